The smallest absolute Gasteiger partial charge is 0.227 e. The molecule has 0 unspecified atom stereocenters. The van der Waals surface area contributed by atoms with Crippen LogP contribution >= 0.6 is 0 Å². The third-order valence-corrected chi connectivity index (χ3v) is 2.71. The summed E-state index contributed by atoms with van der Waals surface area (Å²) in [4.78, 5) is 4.14. The minimum atomic E-state index is -0.660. The van der Waals surface area contributed by atoms with E-state index in [9.17, 15) is 8.78 Å². The van der Waals surface area contributed by atoms with Crippen LogP contribution in [0.2, 0.25) is 0 Å². The lowest BCUT2D eigenvalue weighted by molar-refractivity contribution is 0.374. The zero-order chi connectivity index (χ0) is 14.5. The summed E-state index contributed by atoms with van der Waals surface area (Å²) in [6.45, 7) is 5.00. The van der Waals surface area contributed by atoms with E-state index in [0.29, 0.717) is 18.4 Å². The van der Waals surface area contributed by atoms with E-state index < -0.39 is 11.6 Å². The zero-order valence-corrected chi connectivity index (χ0v) is 11.5. The fraction of sp³-hybridized carbons (Fsp3) is 0.429. The van der Waals surface area contributed by atoms with Crippen molar-refractivity contribution in [2.75, 3.05) is 6.54 Å². The van der Waals surface area contributed by atoms with Crippen LogP contribution in [0, 0.1) is 11.6 Å². The molecule has 0 amide bonds. The third kappa shape index (κ3) is 4.09. The normalized spacial score (nSPS) is 11.2. The van der Waals surface area contributed by atoms with E-state index in [0.717, 1.165) is 19.0 Å². The van der Waals surface area contributed by atoms with Crippen molar-refractivity contribution in [3.8, 4) is 11.4 Å². The summed E-state index contributed by atoms with van der Waals surface area (Å²) in [7, 11) is 0. The van der Waals surface area contributed by atoms with Crippen molar-refractivity contribution in [1.82, 2.24) is 15.5 Å². The summed E-state index contributed by atoms with van der Waals surface area (Å²) in [6, 6.07) is 3.60. The number of hydrogen-bond donors (Lipinski definition) is 1. The summed E-state index contributed by atoms with van der Waals surface area (Å²) in [6.07, 6.45) is 1.49. The molecule has 6 heteroatoms. The van der Waals surface area contributed by atoms with E-state index in [1.54, 1.807) is 0 Å². The van der Waals surface area contributed by atoms with Gasteiger partial charge in [-0.15, -0.1) is 0 Å². The monoisotopic (exact) mass is 281 g/mol. The van der Waals surface area contributed by atoms with Gasteiger partial charge in [-0.3, -0.25) is 0 Å². The summed E-state index contributed by atoms with van der Waals surface area (Å²) < 4.78 is 31.3. The molecule has 0 atom stereocenters. The van der Waals surface area contributed by atoms with Crippen molar-refractivity contribution in [2.24, 2.45) is 0 Å². The predicted octanol–water partition coefficient (Wildman–Crippen LogP) is 2.95. The molecule has 0 bridgehead atoms. The van der Waals surface area contributed by atoms with Crippen LogP contribution in [0.5, 0.6) is 0 Å². The Labute approximate surface area is 116 Å². The first-order chi connectivity index (χ1) is 9.54. The molecule has 0 spiro atoms. The molecule has 108 valence electrons. The first-order valence-corrected chi connectivity index (χ1v) is 6.57. The summed E-state index contributed by atoms with van der Waals surface area (Å²) in [5.74, 6) is -0.648. The minimum Gasteiger partial charge on any atom is -0.339 e. The zero-order valence-electron chi connectivity index (χ0n) is 11.5. The Morgan fingerprint density at radius 2 is 1.90 bits per heavy atom. The van der Waals surface area contributed by atoms with Gasteiger partial charge in [0.1, 0.15) is 11.6 Å². The summed E-state index contributed by atoms with van der Waals surface area (Å²) in [5, 5.41) is 7.02. The molecule has 2 aromatic rings. The molecule has 4 nitrogen and oxygen atoms in total. The Hall–Kier alpha value is -1.82. The maximum absolute atomic E-state index is 13.1. The van der Waals surface area contributed by atoms with Gasteiger partial charge >= 0.3 is 0 Å². The number of aromatic nitrogens is 2. The molecule has 0 saturated carbocycles. The Morgan fingerprint density at radius 3 is 2.55 bits per heavy atom. The van der Waals surface area contributed by atoms with Gasteiger partial charge in [-0.05, 0) is 25.1 Å². The topological polar surface area (TPSA) is 51.0 Å². The van der Waals surface area contributed by atoms with Crippen LogP contribution in [-0.2, 0) is 6.42 Å². The molecular weight excluding hydrogens is 264 g/mol. The van der Waals surface area contributed by atoms with Gasteiger partial charge in [0.05, 0.1) is 0 Å². The fourth-order valence-electron chi connectivity index (χ4n) is 1.79. The maximum atomic E-state index is 13.1. The minimum absolute atomic E-state index is 0.204. The predicted molar refractivity (Wildman–Crippen MR) is 71.1 cm³/mol. The summed E-state index contributed by atoms with van der Waals surface area (Å²) >= 11 is 0. The molecule has 0 radical (unpaired) electrons. The number of benzene rings is 1. The average Bonchev–Trinajstić information content (AvgIpc) is 2.82. The lowest BCUT2D eigenvalue weighted by atomic mass is 10.2. The molecule has 1 N–H and O–H groups in total. The van der Waals surface area contributed by atoms with E-state index in [4.69, 9.17) is 4.52 Å². The van der Waals surface area contributed by atoms with E-state index in [2.05, 4.69) is 29.3 Å². The number of halogens is 2. The quantitative estimate of drug-likeness (QED) is 0.827. The largest absolute Gasteiger partial charge is 0.339 e. The standard InChI is InChI=1S/C14H17F2N3O/c1-9(2)17-5-3-4-13-18-14(19-20-13)10-6-11(15)8-12(16)7-10/h6-9,17H,3-5H2,1-2H3. The second kappa shape index (κ2) is 6.56. The number of hydrogen-bond acceptors (Lipinski definition) is 4. The maximum Gasteiger partial charge on any atom is 0.227 e. The molecule has 0 aliphatic rings. The Kier molecular flexibility index (Phi) is 4.79. The Morgan fingerprint density at radius 1 is 1.20 bits per heavy atom. The Bertz CT molecular complexity index is 549. The van der Waals surface area contributed by atoms with E-state index in [1.807, 2.05) is 0 Å². The van der Waals surface area contributed by atoms with Crippen LogP contribution in [0.4, 0.5) is 8.78 Å². The van der Waals surface area contributed by atoms with Gasteiger partial charge in [0.25, 0.3) is 0 Å². The van der Waals surface area contributed by atoms with Crippen LogP contribution in [-0.4, -0.2) is 22.7 Å². The second-order valence-corrected chi connectivity index (χ2v) is 4.88. The highest BCUT2D eigenvalue weighted by Gasteiger charge is 2.10. The van der Waals surface area contributed by atoms with Crippen LogP contribution in [0.1, 0.15) is 26.2 Å². The fourth-order valence-corrected chi connectivity index (χ4v) is 1.79. The highest BCUT2D eigenvalue weighted by molar-refractivity contribution is 5.54. The number of nitrogens with one attached hydrogen (secondary N) is 1. The third-order valence-electron chi connectivity index (χ3n) is 2.71. The second-order valence-electron chi connectivity index (χ2n) is 4.88. The first kappa shape index (κ1) is 14.6. The molecule has 1 aromatic heterocycles. The van der Waals surface area contributed by atoms with Crippen LogP contribution in [0.3, 0.4) is 0 Å². The van der Waals surface area contributed by atoms with Gasteiger partial charge in [0.15, 0.2) is 0 Å². The van der Waals surface area contributed by atoms with Crippen molar-refractivity contribution in [3.05, 3.63) is 35.7 Å². The summed E-state index contributed by atoms with van der Waals surface area (Å²) in [5.41, 5.74) is 0.276. The van der Waals surface area contributed by atoms with Crippen LogP contribution < -0.4 is 5.32 Å². The van der Waals surface area contributed by atoms with E-state index in [1.165, 1.54) is 12.1 Å². The molecule has 0 fully saturated rings. The van der Waals surface area contributed by atoms with Crippen molar-refractivity contribution in [2.45, 2.75) is 32.7 Å². The molecule has 1 aromatic carbocycles. The molecule has 2 rings (SSSR count). The SMILES string of the molecule is CC(C)NCCCc1nc(-c2cc(F)cc(F)c2)no1. The number of aryl methyl sites for hydroxylation is 1. The van der Waals surface area contributed by atoms with Crippen molar-refractivity contribution >= 4 is 0 Å². The molecule has 0 aliphatic heterocycles. The lowest BCUT2D eigenvalue weighted by Gasteiger charge is -2.05. The van der Waals surface area contributed by atoms with Gasteiger partial charge in [0, 0.05) is 24.1 Å². The lowest BCUT2D eigenvalue weighted by Crippen LogP contribution is -2.23. The average molecular weight is 281 g/mol. The van der Waals surface area contributed by atoms with Gasteiger partial charge in [-0.2, -0.15) is 4.98 Å². The number of rotatable bonds is 6. The van der Waals surface area contributed by atoms with Crippen molar-refractivity contribution < 1.29 is 13.3 Å². The first-order valence-electron chi connectivity index (χ1n) is 6.57. The van der Waals surface area contributed by atoms with Gasteiger partial charge in [-0.1, -0.05) is 19.0 Å². The highest BCUT2D eigenvalue weighted by Crippen LogP contribution is 2.19. The van der Waals surface area contributed by atoms with Crippen molar-refractivity contribution in [1.29, 1.82) is 0 Å². The van der Waals surface area contributed by atoms with Crippen molar-refractivity contribution in [3.63, 3.8) is 0 Å². The highest BCUT2D eigenvalue weighted by atomic mass is 19.1. The van der Waals surface area contributed by atoms with Gasteiger partial charge in [-0.25, -0.2) is 8.78 Å². The number of nitrogens with zero attached hydrogens (tertiary/aromatic N) is 2. The van der Waals surface area contributed by atoms with E-state index in [-0.39, 0.29) is 11.4 Å². The molecule has 0 aliphatic carbocycles. The van der Waals surface area contributed by atoms with Gasteiger partial charge in [0.2, 0.25) is 11.7 Å². The molecule has 0 saturated heterocycles. The molecule has 20 heavy (non-hydrogen) atoms. The van der Waals surface area contributed by atoms with E-state index >= 15 is 0 Å². The van der Waals surface area contributed by atoms with Gasteiger partial charge < -0.3 is 9.84 Å². The molecule has 1 heterocycles. The van der Waals surface area contributed by atoms with Crippen LogP contribution in [0.25, 0.3) is 11.4 Å². The van der Waals surface area contributed by atoms with Crippen LogP contribution in [0.15, 0.2) is 22.7 Å². The molecular formula is C14H17F2N3O. The Balaban J connectivity index is 1.98.